The second-order valence-electron chi connectivity index (χ2n) is 8.97. The normalized spacial score (nSPS) is 16.4. The van der Waals surface area contributed by atoms with Gasteiger partial charge in [0.05, 0.1) is 11.1 Å². The third-order valence-electron chi connectivity index (χ3n) is 6.25. The molecule has 0 spiro atoms. The number of carbonyl (C=O) groups is 1. The summed E-state index contributed by atoms with van der Waals surface area (Å²) < 4.78 is 0. The SMILES string of the molecule is CNC(=O)C1CC1.Cc1ccc2c(N3CCC(C)CC3)nc(-c3ccccc3O)nc2c1. The first kappa shape index (κ1) is 22.1. The molecule has 2 fully saturated rings. The summed E-state index contributed by atoms with van der Waals surface area (Å²) in [5.74, 6) is 3.13. The molecule has 1 aromatic heterocycles. The maximum absolute atomic E-state index is 10.5. The molecule has 1 saturated carbocycles. The molecule has 1 aliphatic carbocycles. The Morgan fingerprint density at radius 2 is 1.78 bits per heavy atom. The number of carbonyl (C=O) groups excluding carboxylic acids is 1. The topological polar surface area (TPSA) is 78.4 Å². The zero-order valence-corrected chi connectivity index (χ0v) is 19.1. The second-order valence-corrected chi connectivity index (χ2v) is 8.97. The summed E-state index contributed by atoms with van der Waals surface area (Å²) in [7, 11) is 1.68. The number of phenolic OH excluding ortho intramolecular Hbond substituents is 1. The molecule has 1 aliphatic heterocycles. The molecule has 6 heteroatoms. The maximum atomic E-state index is 10.5. The van der Waals surface area contributed by atoms with Gasteiger partial charge in [-0.25, -0.2) is 9.97 Å². The molecule has 0 bridgehead atoms. The van der Waals surface area contributed by atoms with E-state index in [1.807, 2.05) is 18.2 Å². The first-order valence-corrected chi connectivity index (χ1v) is 11.5. The molecule has 0 atom stereocenters. The molecular weight excluding hydrogens is 400 g/mol. The zero-order chi connectivity index (χ0) is 22.7. The molecule has 2 heterocycles. The predicted octanol–water partition coefficient (Wildman–Crippen LogP) is 4.69. The number of piperidine rings is 1. The van der Waals surface area contributed by atoms with E-state index in [4.69, 9.17) is 9.97 Å². The first-order chi connectivity index (χ1) is 15.5. The number of rotatable bonds is 3. The molecule has 1 amide bonds. The van der Waals surface area contributed by atoms with Crippen molar-refractivity contribution in [3.8, 4) is 17.1 Å². The van der Waals surface area contributed by atoms with Crippen LogP contribution in [0.4, 0.5) is 5.82 Å². The monoisotopic (exact) mass is 432 g/mol. The lowest BCUT2D eigenvalue weighted by atomic mass is 9.99. The van der Waals surface area contributed by atoms with Gasteiger partial charge in [0, 0.05) is 31.4 Å². The molecule has 32 heavy (non-hydrogen) atoms. The van der Waals surface area contributed by atoms with Crippen LogP contribution in [0.3, 0.4) is 0 Å². The maximum Gasteiger partial charge on any atom is 0.222 e. The van der Waals surface area contributed by atoms with Gasteiger partial charge in [-0.15, -0.1) is 0 Å². The highest BCUT2D eigenvalue weighted by atomic mass is 16.3. The van der Waals surface area contributed by atoms with Gasteiger partial charge in [-0.3, -0.25) is 4.79 Å². The third kappa shape index (κ3) is 5.01. The Labute approximate surface area is 189 Å². The minimum absolute atomic E-state index is 0.208. The second kappa shape index (κ2) is 9.55. The van der Waals surface area contributed by atoms with Crippen LogP contribution in [0.15, 0.2) is 42.5 Å². The van der Waals surface area contributed by atoms with Crippen molar-refractivity contribution in [2.45, 2.75) is 39.5 Å². The van der Waals surface area contributed by atoms with E-state index in [2.05, 4.69) is 42.3 Å². The molecular formula is C26H32N4O2. The van der Waals surface area contributed by atoms with E-state index in [0.717, 1.165) is 48.6 Å². The van der Waals surface area contributed by atoms with Crippen LogP contribution in [0.5, 0.6) is 5.75 Å². The fraction of sp³-hybridized carbons (Fsp3) is 0.423. The minimum Gasteiger partial charge on any atom is -0.507 e. The quantitative estimate of drug-likeness (QED) is 0.628. The fourth-order valence-electron chi connectivity index (χ4n) is 4.02. The number of hydrogen-bond donors (Lipinski definition) is 2. The van der Waals surface area contributed by atoms with Crippen molar-refractivity contribution >= 4 is 22.6 Å². The van der Waals surface area contributed by atoms with Gasteiger partial charge in [-0.1, -0.05) is 25.1 Å². The number of phenols is 1. The van der Waals surface area contributed by atoms with Crippen molar-refractivity contribution in [2.75, 3.05) is 25.0 Å². The highest BCUT2D eigenvalue weighted by Gasteiger charge is 2.28. The number of nitrogens with one attached hydrogen (secondary N) is 1. The molecule has 2 N–H and O–H groups in total. The number of aromatic hydroxyl groups is 1. The summed E-state index contributed by atoms with van der Waals surface area (Å²) >= 11 is 0. The van der Waals surface area contributed by atoms with Crippen LogP contribution in [0.25, 0.3) is 22.3 Å². The number of nitrogens with zero attached hydrogens (tertiary/aromatic N) is 3. The molecule has 2 aromatic carbocycles. The molecule has 1 saturated heterocycles. The number of amides is 1. The van der Waals surface area contributed by atoms with Gasteiger partial charge in [0.1, 0.15) is 11.6 Å². The van der Waals surface area contributed by atoms with Crippen LogP contribution < -0.4 is 10.2 Å². The summed E-state index contributed by atoms with van der Waals surface area (Å²) in [6.45, 7) is 6.42. The average Bonchev–Trinajstić information content (AvgIpc) is 3.64. The lowest BCUT2D eigenvalue weighted by Crippen LogP contribution is -2.33. The van der Waals surface area contributed by atoms with Crippen LogP contribution in [-0.4, -0.2) is 41.1 Å². The van der Waals surface area contributed by atoms with Crippen molar-refractivity contribution in [1.82, 2.24) is 15.3 Å². The van der Waals surface area contributed by atoms with Crippen molar-refractivity contribution in [3.63, 3.8) is 0 Å². The summed E-state index contributed by atoms with van der Waals surface area (Å²) in [4.78, 5) is 22.4. The Kier molecular flexibility index (Phi) is 6.58. The van der Waals surface area contributed by atoms with E-state index in [9.17, 15) is 9.90 Å². The smallest absolute Gasteiger partial charge is 0.222 e. The number of aryl methyl sites for hydroxylation is 1. The molecule has 5 rings (SSSR count). The minimum atomic E-state index is 0.208. The van der Waals surface area contributed by atoms with Crippen LogP contribution in [0.2, 0.25) is 0 Å². The summed E-state index contributed by atoms with van der Waals surface area (Å²) in [6.07, 6.45) is 4.56. The predicted molar refractivity (Wildman–Crippen MR) is 129 cm³/mol. The first-order valence-electron chi connectivity index (χ1n) is 11.5. The van der Waals surface area contributed by atoms with E-state index >= 15 is 0 Å². The van der Waals surface area contributed by atoms with Crippen LogP contribution in [0, 0.1) is 18.8 Å². The molecule has 168 valence electrons. The number of fused-ring (bicyclic) bond motifs is 1. The largest absolute Gasteiger partial charge is 0.507 e. The van der Waals surface area contributed by atoms with Gasteiger partial charge in [-0.2, -0.15) is 0 Å². The van der Waals surface area contributed by atoms with Gasteiger partial charge >= 0.3 is 0 Å². The third-order valence-corrected chi connectivity index (χ3v) is 6.25. The van der Waals surface area contributed by atoms with E-state index in [-0.39, 0.29) is 11.7 Å². The molecule has 6 nitrogen and oxygen atoms in total. The van der Waals surface area contributed by atoms with Gasteiger partial charge in [0.25, 0.3) is 0 Å². The van der Waals surface area contributed by atoms with Crippen molar-refractivity contribution < 1.29 is 9.90 Å². The molecule has 3 aromatic rings. The number of hydrogen-bond acceptors (Lipinski definition) is 5. The van der Waals surface area contributed by atoms with E-state index in [1.54, 1.807) is 13.1 Å². The van der Waals surface area contributed by atoms with E-state index < -0.39 is 0 Å². The standard InChI is InChI=1S/C21H23N3O.C5H9NO/c1-14-9-11-24(12-10-14)21-16-8-7-15(2)13-18(16)22-20(23-21)17-5-3-4-6-19(17)25;1-6-5(7)4-2-3-4/h3-8,13-14,25H,9-12H2,1-2H3;4H,2-3H2,1H3,(H,6,7). The number of benzene rings is 2. The van der Waals surface area contributed by atoms with Crippen LogP contribution >= 0.6 is 0 Å². The van der Waals surface area contributed by atoms with Crippen LogP contribution in [0.1, 0.15) is 38.2 Å². The zero-order valence-electron chi connectivity index (χ0n) is 19.1. The van der Waals surface area contributed by atoms with Crippen molar-refractivity contribution in [2.24, 2.45) is 11.8 Å². The molecule has 0 unspecified atom stereocenters. The van der Waals surface area contributed by atoms with Gasteiger partial charge in [0.15, 0.2) is 5.82 Å². The van der Waals surface area contributed by atoms with Gasteiger partial charge in [-0.05, 0) is 68.4 Å². The van der Waals surface area contributed by atoms with Crippen LogP contribution in [-0.2, 0) is 4.79 Å². The van der Waals surface area contributed by atoms with E-state index in [0.29, 0.717) is 17.3 Å². The van der Waals surface area contributed by atoms with Gasteiger partial charge < -0.3 is 15.3 Å². The van der Waals surface area contributed by atoms with Gasteiger partial charge in [0.2, 0.25) is 5.91 Å². The number of anilines is 1. The Morgan fingerprint density at radius 1 is 1.06 bits per heavy atom. The Balaban J connectivity index is 0.000000300. The summed E-state index contributed by atoms with van der Waals surface area (Å²) in [6, 6.07) is 13.6. The fourth-order valence-corrected chi connectivity index (χ4v) is 4.02. The highest BCUT2D eigenvalue weighted by molar-refractivity contribution is 5.92. The lowest BCUT2D eigenvalue weighted by Gasteiger charge is -2.32. The lowest BCUT2D eigenvalue weighted by molar-refractivity contribution is -0.121. The van der Waals surface area contributed by atoms with E-state index in [1.165, 1.54) is 18.4 Å². The van der Waals surface area contributed by atoms with Crippen molar-refractivity contribution in [3.05, 3.63) is 48.0 Å². The summed E-state index contributed by atoms with van der Waals surface area (Å²) in [5.41, 5.74) is 2.78. The molecule has 0 radical (unpaired) electrons. The summed E-state index contributed by atoms with van der Waals surface area (Å²) in [5, 5.41) is 13.9. The Bertz CT molecular complexity index is 1100. The molecule has 2 aliphatic rings. The number of para-hydroxylation sites is 1. The highest BCUT2D eigenvalue weighted by Crippen LogP contribution is 2.33. The Hall–Kier alpha value is -3.15. The average molecular weight is 433 g/mol. The number of aromatic nitrogens is 2. The van der Waals surface area contributed by atoms with Crippen molar-refractivity contribution in [1.29, 1.82) is 0 Å². The Morgan fingerprint density at radius 3 is 2.41 bits per heavy atom.